The molecule has 0 radical (unpaired) electrons. The largest absolute Gasteiger partial charge is 0.507 e. The summed E-state index contributed by atoms with van der Waals surface area (Å²) in [5.74, 6) is -0.645. The van der Waals surface area contributed by atoms with Crippen molar-refractivity contribution < 1.29 is 14.8 Å². The van der Waals surface area contributed by atoms with E-state index in [9.17, 15) is 20.0 Å². The lowest BCUT2D eigenvalue weighted by Crippen LogP contribution is -1.96. The number of carbonyl (C=O) groups excluding carboxylic acids is 1. The minimum atomic E-state index is -0.592. The summed E-state index contributed by atoms with van der Waals surface area (Å²) in [6, 6.07) is 9.14. The van der Waals surface area contributed by atoms with Gasteiger partial charge in [0, 0.05) is 17.2 Å². The van der Waals surface area contributed by atoms with E-state index in [4.69, 9.17) is 0 Å². The molecule has 0 heterocycles. The molecule has 3 rings (SSSR count). The number of phenols is 1. The third-order valence-corrected chi connectivity index (χ3v) is 3.00. The van der Waals surface area contributed by atoms with Gasteiger partial charge in [0.05, 0.1) is 16.6 Å². The quantitative estimate of drug-likeness (QED) is 0.524. The van der Waals surface area contributed by atoms with Crippen molar-refractivity contribution in [2.75, 3.05) is 0 Å². The van der Waals surface area contributed by atoms with Gasteiger partial charge in [0.2, 0.25) is 0 Å². The number of nitro groups is 1. The molecule has 0 bridgehead atoms. The average molecular weight is 241 g/mol. The summed E-state index contributed by atoms with van der Waals surface area (Å²) >= 11 is 0. The minimum Gasteiger partial charge on any atom is -0.507 e. The maximum absolute atomic E-state index is 12.1. The summed E-state index contributed by atoms with van der Waals surface area (Å²) in [6.07, 6.45) is 0. The molecule has 0 aromatic heterocycles. The molecule has 0 amide bonds. The van der Waals surface area contributed by atoms with Crippen LogP contribution in [0.5, 0.6) is 5.75 Å². The highest BCUT2D eigenvalue weighted by molar-refractivity contribution is 6.23. The maximum Gasteiger partial charge on any atom is 0.273 e. The lowest BCUT2D eigenvalue weighted by Gasteiger charge is -2.01. The van der Waals surface area contributed by atoms with Gasteiger partial charge in [0.25, 0.3) is 5.69 Å². The van der Waals surface area contributed by atoms with Crippen molar-refractivity contribution in [2.24, 2.45) is 0 Å². The van der Waals surface area contributed by atoms with Crippen LogP contribution in [0.25, 0.3) is 11.1 Å². The number of benzene rings is 2. The Labute approximate surface area is 101 Å². The third-order valence-electron chi connectivity index (χ3n) is 3.00. The summed E-state index contributed by atoms with van der Waals surface area (Å²) in [7, 11) is 0. The van der Waals surface area contributed by atoms with E-state index in [1.54, 1.807) is 24.3 Å². The fraction of sp³-hybridized carbons (Fsp3) is 0. The van der Waals surface area contributed by atoms with Crippen LogP contribution in [-0.4, -0.2) is 15.8 Å². The first-order valence-electron chi connectivity index (χ1n) is 5.25. The molecule has 0 saturated heterocycles. The molecular weight excluding hydrogens is 234 g/mol. The van der Waals surface area contributed by atoms with Gasteiger partial charge in [-0.15, -0.1) is 0 Å². The van der Waals surface area contributed by atoms with Crippen molar-refractivity contribution >= 4 is 11.5 Å². The van der Waals surface area contributed by atoms with E-state index in [1.165, 1.54) is 6.07 Å². The van der Waals surface area contributed by atoms with Crippen molar-refractivity contribution in [2.45, 2.75) is 0 Å². The van der Waals surface area contributed by atoms with Gasteiger partial charge in [-0.05, 0) is 5.56 Å². The van der Waals surface area contributed by atoms with Crippen molar-refractivity contribution in [1.29, 1.82) is 0 Å². The van der Waals surface area contributed by atoms with Crippen molar-refractivity contribution in [3.63, 3.8) is 0 Å². The van der Waals surface area contributed by atoms with Gasteiger partial charge in [0.15, 0.2) is 5.78 Å². The van der Waals surface area contributed by atoms with Crippen LogP contribution in [0.2, 0.25) is 0 Å². The third kappa shape index (κ3) is 1.24. The zero-order chi connectivity index (χ0) is 12.9. The predicted octanol–water partition coefficient (Wildman–Crippen LogP) is 2.51. The average Bonchev–Trinajstić information content (AvgIpc) is 2.64. The van der Waals surface area contributed by atoms with Crippen LogP contribution >= 0.6 is 0 Å². The summed E-state index contributed by atoms with van der Waals surface area (Å²) < 4.78 is 0. The fourth-order valence-electron chi connectivity index (χ4n) is 2.22. The highest BCUT2D eigenvalue weighted by atomic mass is 16.6. The number of fused-ring (bicyclic) bond motifs is 3. The van der Waals surface area contributed by atoms with Crippen LogP contribution in [0.4, 0.5) is 5.69 Å². The number of aromatic hydroxyl groups is 1. The SMILES string of the molecule is O=C1c2ccccc2-c2cc([N+](=O)[O-])cc(O)c21. The Balaban J connectivity index is 2.37. The zero-order valence-corrected chi connectivity index (χ0v) is 9.08. The van der Waals surface area contributed by atoms with Crippen molar-refractivity contribution in [3.8, 4) is 16.9 Å². The van der Waals surface area contributed by atoms with Crippen LogP contribution in [0.1, 0.15) is 15.9 Å². The molecule has 0 unspecified atom stereocenters. The second-order valence-corrected chi connectivity index (χ2v) is 4.02. The highest BCUT2D eigenvalue weighted by Crippen LogP contribution is 2.42. The molecule has 0 fully saturated rings. The number of non-ortho nitro benzene ring substituents is 1. The number of carbonyl (C=O) groups is 1. The summed E-state index contributed by atoms with van der Waals surface area (Å²) in [6.45, 7) is 0. The molecule has 1 aliphatic rings. The Morgan fingerprint density at radius 1 is 1.06 bits per heavy atom. The molecule has 88 valence electrons. The number of hydrogen-bond donors (Lipinski definition) is 1. The van der Waals surface area contributed by atoms with Crippen molar-refractivity contribution in [1.82, 2.24) is 0 Å². The van der Waals surface area contributed by atoms with E-state index in [-0.39, 0.29) is 22.8 Å². The van der Waals surface area contributed by atoms with Gasteiger partial charge < -0.3 is 5.11 Å². The number of ketones is 1. The molecule has 18 heavy (non-hydrogen) atoms. The monoisotopic (exact) mass is 241 g/mol. The molecule has 0 spiro atoms. The van der Waals surface area contributed by atoms with Gasteiger partial charge in [-0.1, -0.05) is 24.3 Å². The second-order valence-electron chi connectivity index (χ2n) is 4.02. The highest BCUT2D eigenvalue weighted by Gasteiger charge is 2.31. The van der Waals surface area contributed by atoms with Crippen LogP contribution in [0, 0.1) is 10.1 Å². The molecule has 1 aliphatic carbocycles. The second kappa shape index (κ2) is 3.40. The molecule has 1 N–H and O–H groups in total. The Kier molecular flexibility index (Phi) is 1.98. The van der Waals surface area contributed by atoms with Gasteiger partial charge >= 0.3 is 0 Å². The van der Waals surface area contributed by atoms with Crippen LogP contribution in [-0.2, 0) is 0 Å². The van der Waals surface area contributed by atoms with Gasteiger partial charge in [-0.25, -0.2) is 0 Å². The first kappa shape index (κ1) is 10.5. The first-order chi connectivity index (χ1) is 8.59. The van der Waals surface area contributed by atoms with Crippen LogP contribution in [0.3, 0.4) is 0 Å². The zero-order valence-electron chi connectivity index (χ0n) is 9.08. The van der Waals surface area contributed by atoms with Crippen LogP contribution < -0.4 is 0 Å². The molecule has 5 heteroatoms. The standard InChI is InChI=1S/C13H7NO4/c15-11-6-7(14(17)18)5-10-8-3-1-2-4-9(8)13(16)12(10)11/h1-6,15H. The van der Waals surface area contributed by atoms with E-state index in [2.05, 4.69) is 0 Å². The molecule has 2 aromatic carbocycles. The number of nitro benzene ring substituents is 1. The van der Waals surface area contributed by atoms with E-state index < -0.39 is 4.92 Å². The minimum absolute atomic E-state index is 0.141. The molecular formula is C13H7NO4. The number of rotatable bonds is 1. The van der Waals surface area contributed by atoms with Gasteiger partial charge in [0.1, 0.15) is 5.75 Å². The number of hydrogen-bond acceptors (Lipinski definition) is 4. The van der Waals surface area contributed by atoms with Gasteiger partial charge in [-0.2, -0.15) is 0 Å². The number of nitrogens with zero attached hydrogens (tertiary/aromatic N) is 1. The Morgan fingerprint density at radius 3 is 2.39 bits per heavy atom. The molecule has 2 aromatic rings. The van der Waals surface area contributed by atoms with Crippen LogP contribution in [0.15, 0.2) is 36.4 Å². The van der Waals surface area contributed by atoms with E-state index >= 15 is 0 Å². The lowest BCUT2D eigenvalue weighted by molar-refractivity contribution is -0.384. The smallest absolute Gasteiger partial charge is 0.273 e. The normalized spacial score (nSPS) is 12.1. The summed E-state index contributed by atoms with van der Waals surface area (Å²) in [5, 5.41) is 20.5. The van der Waals surface area contributed by atoms with Crippen molar-refractivity contribution in [3.05, 3.63) is 57.6 Å². The van der Waals surface area contributed by atoms with E-state index in [0.717, 1.165) is 6.07 Å². The topological polar surface area (TPSA) is 80.4 Å². The van der Waals surface area contributed by atoms with E-state index in [1.807, 2.05) is 0 Å². The maximum atomic E-state index is 12.1. The van der Waals surface area contributed by atoms with Gasteiger partial charge in [-0.3, -0.25) is 14.9 Å². The number of phenolic OH excluding ortho intramolecular Hbond substituents is 1. The predicted molar refractivity (Wildman–Crippen MR) is 63.6 cm³/mol. The molecule has 0 saturated carbocycles. The molecule has 0 atom stereocenters. The Morgan fingerprint density at radius 2 is 1.72 bits per heavy atom. The lowest BCUT2D eigenvalue weighted by atomic mass is 10.0. The molecule has 5 nitrogen and oxygen atoms in total. The summed E-state index contributed by atoms with van der Waals surface area (Å²) in [4.78, 5) is 22.2. The summed E-state index contributed by atoms with van der Waals surface area (Å²) in [5.41, 5.74) is 1.42. The fourth-order valence-corrected chi connectivity index (χ4v) is 2.22. The van der Waals surface area contributed by atoms with E-state index in [0.29, 0.717) is 16.7 Å². The Bertz CT molecular complexity index is 706. The Hall–Kier alpha value is -2.69. The first-order valence-corrected chi connectivity index (χ1v) is 5.25. The molecule has 0 aliphatic heterocycles.